The van der Waals surface area contributed by atoms with Gasteiger partial charge in [0.25, 0.3) is 0 Å². The monoisotopic (exact) mass is 380 g/mol. The van der Waals surface area contributed by atoms with Gasteiger partial charge in [0.15, 0.2) is 11.9 Å². The van der Waals surface area contributed by atoms with E-state index in [1.807, 2.05) is 22.7 Å². The lowest BCUT2D eigenvalue weighted by atomic mass is 10.2. The number of rotatable bonds is 3. The highest BCUT2D eigenvalue weighted by Gasteiger charge is 2.26. The minimum absolute atomic E-state index is 0.0789. The summed E-state index contributed by atoms with van der Waals surface area (Å²) in [7, 11) is -3.15. The Kier molecular flexibility index (Phi) is 4.57. The average Bonchev–Trinajstić information content (AvgIpc) is 2.98. The number of aryl methyl sites for hydroxylation is 1. The van der Waals surface area contributed by atoms with Crippen molar-refractivity contribution in [1.82, 2.24) is 24.1 Å². The standard InChI is InChI=1S/C16H24N6O3S/c1-12-13-11-17-16(20-6-8-21(9-7-20)26(2,23)24)18-15(13)22(19-12)14-5-3-4-10-25-14/h11,14H,3-10H2,1-2H3. The summed E-state index contributed by atoms with van der Waals surface area (Å²) in [4.78, 5) is 11.3. The van der Waals surface area contributed by atoms with Crippen molar-refractivity contribution < 1.29 is 13.2 Å². The van der Waals surface area contributed by atoms with Crippen LogP contribution in [0.2, 0.25) is 0 Å². The molecular weight excluding hydrogens is 356 g/mol. The predicted octanol–water partition coefficient (Wildman–Crippen LogP) is 0.915. The molecule has 0 bridgehead atoms. The maximum atomic E-state index is 11.7. The van der Waals surface area contributed by atoms with Crippen molar-refractivity contribution in [3.8, 4) is 0 Å². The fourth-order valence-corrected chi connectivity index (χ4v) is 4.37. The Hall–Kier alpha value is -1.78. The van der Waals surface area contributed by atoms with Gasteiger partial charge in [-0.15, -0.1) is 0 Å². The van der Waals surface area contributed by atoms with Crippen LogP contribution in [0.1, 0.15) is 31.2 Å². The first kappa shape index (κ1) is 17.6. The van der Waals surface area contributed by atoms with Gasteiger partial charge >= 0.3 is 0 Å². The van der Waals surface area contributed by atoms with Gasteiger partial charge in [-0.2, -0.15) is 14.4 Å². The van der Waals surface area contributed by atoms with Crippen molar-refractivity contribution in [2.75, 3.05) is 43.9 Å². The molecule has 1 unspecified atom stereocenters. The summed E-state index contributed by atoms with van der Waals surface area (Å²) in [5, 5.41) is 5.56. The van der Waals surface area contributed by atoms with Gasteiger partial charge in [-0.3, -0.25) is 0 Å². The first-order valence-electron chi connectivity index (χ1n) is 8.97. The Morgan fingerprint density at radius 3 is 2.62 bits per heavy atom. The maximum Gasteiger partial charge on any atom is 0.227 e. The molecule has 0 N–H and O–H groups in total. The van der Waals surface area contributed by atoms with E-state index in [0.717, 1.165) is 42.6 Å². The van der Waals surface area contributed by atoms with Crippen molar-refractivity contribution in [2.45, 2.75) is 32.4 Å². The highest BCUT2D eigenvalue weighted by molar-refractivity contribution is 7.88. The lowest BCUT2D eigenvalue weighted by Gasteiger charge is -2.33. The first-order valence-corrected chi connectivity index (χ1v) is 10.8. The van der Waals surface area contributed by atoms with Crippen LogP contribution in [0.4, 0.5) is 5.95 Å². The van der Waals surface area contributed by atoms with E-state index in [-0.39, 0.29) is 6.23 Å². The maximum absolute atomic E-state index is 11.7. The Bertz CT molecular complexity index is 898. The van der Waals surface area contributed by atoms with Crippen molar-refractivity contribution in [3.63, 3.8) is 0 Å². The highest BCUT2D eigenvalue weighted by atomic mass is 32.2. The normalized spacial score (nSPS) is 22.8. The third-order valence-electron chi connectivity index (χ3n) is 5.04. The molecular formula is C16H24N6O3S. The molecule has 0 amide bonds. The average molecular weight is 380 g/mol. The molecule has 0 aromatic carbocycles. The summed E-state index contributed by atoms with van der Waals surface area (Å²) in [5.41, 5.74) is 1.67. The summed E-state index contributed by atoms with van der Waals surface area (Å²) < 4.78 is 32.6. The van der Waals surface area contributed by atoms with E-state index in [1.165, 1.54) is 10.6 Å². The van der Waals surface area contributed by atoms with Crippen molar-refractivity contribution in [3.05, 3.63) is 11.9 Å². The molecule has 10 heteroatoms. The van der Waals surface area contributed by atoms with Gasteiger partial charge in [0.2, 0.25) is 16.0 Å². The zero-order valence-electron chi connectivity index (χ0n) is 15.1. The number of fused-ring (bicyclic) bond motifs is 1. The number of nitrogens with zero attached hydrogens (tertiary/aromatic N) is 6. The molecule has 2 aliphatic rings. The summed E-state index contributed by atoms with van der Waals surface area (Å²) in [6.45, 7) is 4.75. The number of hydrogen-bond acceptors (Lipinski definition) is 7. The topological polar surface area (TPSA) is 93.5 Å². The third kappa shape index (κ3) is 3.28. The van der Waals surface area contributed by atoms with Gasteiger partial charge in [0.1, 0.15) is 0 Å². The summed E-state index contributed by atoms with van der Waals surface area (Å²) in [6.07, 6.45) is 6.11. The van der Waals surface area contributed by atoms with Gasteiger partial charge < -0.3 is 9.64 Å². The number of sulfonamides is 1. The van der Waals surface area contributed by atoms with E-state index >= 15 is 0 Å². The van der Waals surface area contributed by atoms with Crippen molar-refractivity contribution in [1.29, 1.82) is 0 Å². The molecule has 0 radical (unpaired) electrons. The predicted molar refractivity (Wildman–Crippen MR) is 97.5 cm³/mol. The van der Waals surface area contributed by atoms with Crippen molar-refractivity contribution >= 4 is 27.0 Å². The lowest BCUT2D eigenvalue weighted by Crippen LogP contribution is -2.48. The molecule has 2 aromatic rings. The Labute approximate surface area is 153 Å². The zero-order chi connectivity index (χ0) is 18.3. The molecule has 4 heterocycles. The van der Waals surface area contributed by atoms with Crippen LogP contribution < -0.4 is 4.90 Å². The molecule has 2 aromatic heterocycles. The number of piperazine rings is 1. The summed E-state index contributed by atoms with van der Waals surface area (Å²) in [5.74, 6) is 0.614. The fourth-order valence-electron chi connectivity index (χ4n) is 3.55. The van der Waals surface area contributed by atoms with Gasteiger partial charge in [-0.1, -0.05) is 0 Å². The molecule has 0 spiro atoms. The van der Waals surface area contributed by atoms with Gasteiger partial charge in [0.05, 0.1) is 17.3 Å². The minimum Gasteiger partial charge on any atom is -0.356 e. The van der Waals surface area contributed by atoms with E-state index in [0.29, 0.717) is 32.1 Å². The largest absolute Gasteiger partial charge is 0.356 e. The van der Waals surface area contributed by atoms with Crippen molar-refractivity contribution in [2.24, 2.45) is 0 Å². The highest BCUT2D eigenvalue weighted by Crippen LogP contribution is 2.27. The first-order chi connectivity index (χ1) is 12.4. The Morgan fingerprint density at radius 2 is 1.96 bits per heavy atom. The quantitative estimate of drug-likeness (QED) is 0.781. The van der Waals surface area contributed by atoms with Crippen LogP contribution in [0.15, 0.2) is 6.20 Å². The second-order valence-corrected chi connectivity index (χ2v) is 8.89. The Morgan fingerprint density at radius 1 is 1.19 bits per heavy atom. The molecule has 1 atom stereocenters. The number of hydrogen-bond donors (Lipinski definition) is 0. The van der Waals surface area contributed by atoms with Gasteiger partial charge in [-0.05, 0) is 26.2 Å². The minimum atomic E-state index is -3.15. The number of ether oxygens (including phenoxy) is 1. The van der Waals surface area contributed by atoms with E-state index < -0.39 is 10.0 Å². The fraction of sp³-hybridized carbons (Fsp3) is 0.688. The van der Waals surface area contributed by atoms with Crippen LogP contribution in [-0.4, -0.2) is 71.5 Å². The van der Waals surface area contributed by atoms with Crippen LogP contribution in [0, 0.1) is 6.92 Å². The van der Waals surface area contributed by atoms with Crippen LogP contribution >= 0.6 is 0 Å². The molecule has 0 saturated carbocycles. The second kappa shape index (κ2) is 6.75. The van der Waals surface area contributed by atoms with Crippen LogP contribution in [-0.2, 0) is 14.8 Å². The SMILES string of the molecule is Cc1nn(C2CCCCO2)c2nc(N3CCN(S(C)(=O)=O)CC3)ncc12. The molecule has 0 aliphatic carbocycles. The molecule has 2 fully saturated rings. The number of aromatic nitrogens is 4. The molecule has 9 nitrogen and oxygen atoms in total. The summed E-state index contributed by atoms with van der Waals surface area (Å²) in [6, 6.07) is 0. The zero-order valence-corrected chi connectivity index (χ0v) is 15.9. The Balaban J connectivity index is 1.61. The molecule has 4 rings (SSSR count). The third-order valence-corrected chi connectivity index (χ3v) is 6.34. The van der Waals surface area contributed by atoms with E-state index in [1.54, 1.807) is 0 Å². The van der Waals surface area contributed by atoms with Gasteiger partial charge in [0, 0.05) is 39.0 Å². The summed E-state index contributed by atoms with van der Waals surface area (Å²) >= 11 is 0. The van der Waals surface area contributed by atoms with Crippen LogP contribution in [0.5, 0.6) is 0 Å². The smallest absolute Gasteiger partial charge is 0.227 e. The molecule has 142 valence electrons. The van der Waals surface area contributed by atoms with Crippen LogP contribution in [0.25, 0.3) is 11.0 Å². The van der Waals surface area contributed by atoms with E-state index in [2.05, 4.69) is 10.1 Å². The van der Waals surface area contributed by atoms with E-state index in [4.69, 9.17) is 9.72 Å². The second-order valence-electron chi connectivity index (χ2n) is 6.91. The van der Waals surface area contributed by atoms with E-state index in [9.17, 15) is 8.42 Å². The van der Waals surface area contributed by atoms with Gasteiger partial charge in [-0.25, -0.2) is 18.1 Å². The molecule has 26 heavy (non-hydrogen) atoms. The van der Waals surface area contributed by atoms with Crippen LogP contribution in [0.3, 0.4) is 0 Å². The molecule has 2 saturated heterocycles. The number of anilines is 1. The molecule has 2 aliphatic heterocycles. The lowest BCUT2D eigenvalue weighted by molar-refractivity contribution is -0.0371.